The van der Waals surface area contributed by atoms with E-state index in [1.807, 2.05) is 0 Å². The lowest BCUT2D eigenvalue weighted by atomic mass is 9.66. The van der Waals surface area contributed by atoms with Crippen molar-refractivity contribution in [1.29, 1.82) is 0 Å². The predicted molar refractivity (Wildman–Crippen MR) is 239 cm³/mol. The molecule has 11 aliphatic rings. The maximum absolute atomic E-state index is 3.39. The van der Waals surface area contributed by atoms with Gasteiger partial charge in [0, 0.05) is 36.3 Å². The van der Waals surface area contributed by atoms with E-state index in [1.54, 1.807) is 109 Å². The van der Waals surface area contributed by atoms with Crippen molar-refractivity contribution >= 4 is 0 Å². The molecule has 0 heterocycles. The van der Waals surface area contributed by atoms with Crippen molar-refractivity contribution in [3.63, 3.8) is 0 Å². The van der Waals surface area contributed by atoms with Crippen molar-refractivity contribution < 1.29 is 0 Å². The van der Waals surface area contributed by atoms with Crippen molar-refractivity contribution in [2.75, 3.05) is 0 Å². The summed E-state index contributed by atoms with van der Waals surface area (Å²) in [7, 11) is 0. The van der Waals surface area contributed by atoms with Gasteiger partial charge in [0.1, 0.15) is 0 Å². The van der Waals surface area contributed by atoms with Gasteiger partial charge in [0.15, 0.2) is 0 Å². The van der Waals surface area contributed by atoms with Gasteiger partial charge in [0.25, 0.3) is 0 Å². The van der Waals surface area contributed by atoms with E-state index in [9.17, 15) is 0 Å². The Labute approximate surface area is 353 Å². The monoisotopic (exact) mass is 781 g/mol. The number of hydrogen-bond acceptors (Lipinski definition) is 2. The summed E-state index contributed by atoms with van der Waals surface area (Å²) in [6.45, 7) is 11.0. The van der Waals surface area contributed by atoms with E-state index in [0.717, 1.165) is 107 Å². The van der Waals surface area contributed by atoms with Gasteiger partial charge in [0.2, 0.25) is 0 Å². The van der Waals surface area contributed by atoms with Gasteiger partial charge in [-0.2, -0.15) is 0 Å². The Balaban J connectivity index is 0.791. The Kier molecular flexibility index (Phi) is 11.1. The molecule has 0 bridgehead atoms. The van der Waals surface area contributed by atoms with Gasteiger partial charge in [-0.3, -0.25) is 9.80 Å². The number of hydrogen-bond donors (Lipinski definition) is 0. The Morgan fingerprint density at radius 2 is 0.596 bits per heavy atom. The fourth-order valence-electron chi connectivity index (χ4n) is 21.0. The first kappa shape index (κ1) is 39.7. The lowest BCUT2D eigenvalue weighted by molar-refractivity contribution is -0.0305. The highest BCUT2D eigenvalue weighted by molar-refractivity contribution is 5.10. The molecule has 11 rings (SSSR count). The molecule has 16 atom stereocenters. The van der Waals surface area contributed by atoms with Crippen LogP contribution in [0.3, 0.4) is 0 Å². The third kappa shape index (κ3) is 6.86. The van der Waals surface area contributed by atoms with Crippen LogP contribution >= 0.6 is 0 Å². The van der Waals surface area contributed by atoms with E-state index >= 15 is 0 Å². The smallest absolute Gasteiger partial charge is 0.0104 e. The van der Waals surface area contributed by atoms with Crippen molar-refractivity contribution in [2.24, 2.45) is 81.8 Å². The molecule has 0 amide bonds. The Bertz CT molecular complexity index is 1270. The quantitative estimate of drug-likeness (QED) is 0.265. The summed E-state index contributed by atoms with van der Waals surface area (Å²) in [6, 6.07) is 5.44. The summed E-state index contributed by atoms with van der Waals surface area (Å²) in [5, 5.41) is 0. The average Bonchev–Trinajstić information content (AvgIpc) is 3.80. The molecule has 11 aliphatic carbocycles. The molecular weight excluding hydrogens is 689 g/mol. The predicted octanol–water partition coefficient (Wildman–Crippen LogP) is 14.5. The van der Waals surface area contributed by atoms with Gasteiger partial charge in [-0.25, -0.2) is 0 Å². The minimum atomic E-state index is 0.582. The minimum absolute atomic E-state index is 0.582. The third-order valence-corrected chi connectivity index (χ3v) is 23.2. The second kappa shape index (κ2) is 15.9. The van der Waals surface area contributed by atoms with Gasteiger partial charge in [-0.05, 0) is 217 Å². The first-order valence-electron chi connectivity index (χ1n) is 27.3. The minimum Gasteiger partial charge on any atom is -0.294 e. The molecule has 0 aromatic carbocycles. The highest BCUT2D eigenvalue weighted by atomic mass is 15.2. The first-order valence-corrected chi connectivity index (χ1v) is 27.3. The average molecular weight is 781 g/mol. The Morgan fingerprint density at radius 3 is 1.02 bits per heavy atom. The summed E-state index contributed by atoms with van der Waals surface area (Å²) in [6.07, 6.45) is 48.0. The second-order valence-electron chi connectivity index (χ2n) is 25.7. The maximum atomic E-state index is 3.39. The van der Waals surface area contributed by atoms with Crippen molar-refractivity contribution in [1.82, 2.24) is 9.80 Å². The van der Waals surface area contributed by atoms with Crippen LogP contribution in [0.25, 0.3) is 0 Å². The molecule has 0 spiro atoms. The summed E-state index contributed by atoms with van der Waals surface area (Å²) in [5.74, 6) is 12.6. The van der Waals surface area contributed by atoms with E-state index in [-0.39, 0.29) is 0 Å². The molecule has 11 fully saturated rings. The van der Waals surface area contributed by atoms with Gasteiger partial charge >= 0.3 is 0 Å². The fourth-order valence-corrected chi connectivity index (χ4v) is 21.0. The highest BCUT2D eigenvalue weighted by Crippen LogP contribution is 2.66. The molecule has 0 saturated heterocycles. The molecular formula is C55H92N2. The molecule has 16 unspecified atom stereocenters. The van der Waals surface area contributed by atoms with Gasteiger partial charge in [-0.1, -0.05) is 91.9 Å². The van der Waals surface area contributed by atoms with Crippen LogP contribution in [0.15, 0.2) is 0 Å². The topological polar surface area (TPSA) is 6.48 Å². The van der Waals surface area contributed by atoms with Crippen LogP contribution in [0.2, 0.25) is 0 Å². The molecule has 0 N–H and O–H groups in total. The summed E-state index contributed by atoms with van der Waals surface area (Å²) < 4.78 is 0. The molecule has 0 aromatic heterocycles. The summed E-state index contributed by atoms with van der Waals surface area (Å²) in [5.41, 5.74) is 1.16. The molecule has 0 aliphatic heterocycles. The zero-order valence-corrected chi connectivity index (χ0v) is 38.2. The highest BCUT2D eigenvalue weighted by Gasteiger charge is 2.60. The lowest BCUT2D eigenvalue weighted by Gasteiger charge is -2.52. The zero-order valence-electron chi connectivity index (χ0n) is 38.2. The molecule has 322 valence electrons. The molecule has 0 aromatic rings. The molecule has 2 nitrogen and oxygen atoms in total. The van der Waals surface area contributed by atoms with E-state index < -0.39 is 0 Å². The van der Waals surface area contributed by atoms with Crippen LogP contribution < -0.4 is 0 Å². The molecule has 11 saturated carbocycles. The largest absolute Gasteiger partial charge is 0.294 e. The zero-order chi connectivity index (χ0) is 38.5. The Hall–Kier alpha value is -0.0800. The lowest BCUT2D eigenvalue weighted by Crippen LogP contribution is -2.55. The maximum Gasteiger partial charge on any atom is 0.0104 e. The molecule has 2 heteroatoms. The van der Waals surface area contributed by atoms with Crippen LogP contribution in [-0.2, 0) is 0 Å². The van der Waals surface area contributed by atoms with E-state index in [1.165, 1.54) is 89.9 Å². The van der Waals surface area contributed by atoms with Gasteiger partial charge in [-0.15, -0.1) is 0 Å². The van der Waals surface area contributed by atoms with Crippen LogP contribution in [0.1, 0.15) is 227 Å². The van der Waals surface area contributed by atoms with Crippen molar-refractivity contribution in [3.8, 4) is 0 Å². The standard InChI is InChI=1S/C55H92N2/c1-54(2)50-21-13-11-19-46(50)48-29-25-42(34-52(48)54)56(38-15-7-5-8-16-38)40-23-27-44-36(32-40)31-37-33-41(24-28-45(37)44)57(39-17-9-6-10-18-39)43-26-30-49-47-20-12-14-22-51(47)55(3,4)53(49)35-43/h36-53H,5-35H2,1-4H3. The number of fused-ring (bicyclic) bond motifs is 9. The first-order chi connectivity index (χ1) is 27.8. The second-order valence-corrected chi connectivity index (χ2v) is 25.7. The summed E-state index contributed by atoms with van der Waals surface area (Å²) >= 11 is 0. The number of nitrogens with zero attached hydrogens (tertiary/aromatic N) is 2. The van der Waals surface area contributed by atoms with Crippen LogP contribution in [0.4, 0.5) is 0 Å². The normalized spacial score (nSPS) is 49.8. The number of rotatable bonds is 6. The SMILES string of the molecule is CC1(C)C2CCCCC2C2CCC(N(C3CCCCC3)C3CCC4C(CC5CC(N(C6CCCCC6)C6CCC7C8CCCCC8C(C)(C)C7C6)CCC54)C3)CC21. The summed E-state index contributed by atoms with van der Waals surface area (Å²) in [4.78, 5) is 6.77. The third-order valence-electron chi connectivity index (χ3n) is 23.2. The van der Waals surface area contributed by atoms with Crippen LogP contribution in [0.5, 0.6) is 0 Å². The van der Waals surface area contributed by atoms with E-state index in [2.05, 4.69) is 37.5 Å². The van der Waals surface area contributed by atoms with Gasteiger partial charge < -0.3 is 0 Å². The Morgan fingerprint density at radius 1 is 0.263 bits per heavy atom. The van der Waals surface area contributed by atoms with Crippen LogP contribution in [-0.4, -0.2) is 46.1 Å². The van der Waals surface area contributed by atoms with Crippen molar-refractivity contribution in [2.45, 2.75) is 263 Å². The molecule has 0 radical (unpaired) electrons. The fraction of sp³-hybridized carbons (Fsp3) is 1.00. The molecule has 57 heavy (non-hydrogen) atoms. The van der Waals surface area contributed by atoms with E-state index in [0.29, 0.717) is 10.8 Å². The van der Waals surface area contributed by atoms with Gasteiger partial charge in [0.05, 0.1) is 0 Å². The van der Waals surface area contributed by atoms with E-state index in [4.69, 9.17) is 0 Å². The van der Waals surface area contributed by atoms with Crippen molar-refractivity contribution in [3.05, 3.63) is 0 Å². The van der Waals surface area contributed by atoms with Crippen LogP contribution in [0, 0.1) is 81.8 Å².